The van der Waals surface area contributed by atoms with Gasteiger partial charge in [0.25, 0.3) is 0 Å². The Balaban J connectivity index is 1.69. The molecule has 140 valence electrons. The summed E-state index contributed by atoms with van der Waals surface area (Å²) in [6.07, 6.45) is 4.22. The number of benzene rings is 1. The summed E-state index contributed by atoms with van der Waals surface area (Å²) in [5.41, 5.74) is 0.0277. The molecule has 1 aliphatic carbocycles. The summed E-state index contributed by atoms with van der Waals surface area (Å²) in [4.78, 5) is 38.7. The van der Waals surface area contributed by atoms with Crippen LogP contribution in [0.5, 0.6) is 0 Å². The molecule has 6 nitrogen and oxygen atoms in total. The third-order valence-electron chi connectivity index (χ3n) is 5.60. The summed E-state index contributed by atoms with van der Waals surface area (Å²) in [7, 11) is 0. The van der Waals surface area contributed by atoms with Gasteiger partial charge in [0.1, 0.15) is 6.04 Å². The minimum atomic E-state index is -0.946. The van der Waals surface area contributed by atoms with E-state index in [4.69, 9.17) is 0 Å². The topological polar surface area (TPSA) is 86.7 Å². The molecule has 1 aromatic carbocycles. The van der Waals surface area contributed by atoms with Crippen molar-refractivity contribution in [1.29, 1.82) is 0 Å². The van der Waals surface area contributed by atoms with Gasteiger partial charge in [-0.25, -0.2) is 0 Å². The molecule has 2 fully saturated rings. The molecule has 1 saturated heterocycles. The quantitative estimate of drug-likeness (QED) is 0.780. The van der Waals surface area contributed by atoms with Gasteiger partial charge in [-0.3, -0.25) is 14.4 Å². The standard InChI is InChI=1S/C20H26N2O4/c23-17(14-20(19(25)26)9-6-10-20)21-16(13-15-7-2-1-3-8-15)18(24)22-11-4-5-12-22/h1-3,7-8,16H,4-6,9-14H2,(H,21,23)(H,25,26). The zero-order valence-corrected chi connectivity index (χ0v) is 14.9. The second-order valence-electron chi connectivity index (χ2n) is 7.46. The fourth-order valence-electron chi connectivity index (χ4n) is 3.83. The van der Waals surface area contributed by atoms with Crippen LogP contribution < -0.4 is 5.32 Å². The van der Waals surface area contributed by atoms with Crippen LogP contribution in [0.15, 0.2) is 30.3 Å². The summed E-state index contributed by atoms with van der Waals surface area (Å²) < 4.78 is 0. The largest absolute Gasteiger partial charge is 0.481 e. The van der Waals surface area contributed by atoms with Crippen LogP contribution in [0.3, 0.4) is 0 Å². The van der Waals surface area contributed by atoms with Gasteiger partial charge >= 0.3 is 5.97 Å². The molecule has 2 aliphatic rings. The van der Waals surface area contributed by atoms with Gasteiger partial charge in [0.05, 0.1) is 5.41 Å². The molecule has 1 saturated carbocycles. The number of likely N-dealkylation sites (tertiary alicyclic amines) is 1. The van der Waals surface area contributed by atoms with Crippen LogP contribution in [0.4, 0.5) is 0 Å². The molecule has 0 spiro atoms. The number of hydrogen-bond acceptors (Lipinski definition) is 3. The summed E-state index contributed by atoms with van der Waals surface area (Å²) in [6, 6.07) is 8.94. The number of aliphatic carboxylic acids is 1. The fourth-order valence-corrected chi connectivity index (χ4v) is 3.83. The Hall–Kier alpha value is -2.37. The molecule has 1 unspecified atom stereocenters. The van der Waals surface area contributed by atoms with E-state index in [9.17, 15) is 19.5 Å². The van der Waals surface area contributed by atoms with E-state index in [1.807, 2.05) is 30.3 Å². The second-order valence-corrected chi connectivity index (χ2v) is 7.46. The van der Waals surface area contributed by atoms with Crippen molar-refractivity contribution >= 4 is 17.8 Å². The molecule has 1 aromatic rings. The minimum absolute atomic E-state index is 0.0547. The van der Waals surface area contributed by atoms with Gasteiger partial charge in [0.2, 0.25) is 11.8 Å². The highest BCUT2D eigenvalue weighted by Crippen LogP contribution is 2.44. The second kappa shape index (κ2) is 7.89. The highest BCUT2D eigenvalue weighted by Gasteiger charge is 2.46. The van der Waals surface area contributed by atoms with Gasteiger partial charge in [-0.2, -0.15) is 0 Å². The normalized spacial score (nSPS) is 19.5. The van der Waals surface area contributed by atoms with Crippen molar-refractivity contribution in [2.75, 3.05) is 13.1 Å². The maximum atomic E-state index is 12.9. The minimum Gasteiger partial charge on any atom is -0.481 e. The maximum absolute atomic E-state index is 12.9. The van der Waals surface area contributed by atoms with Crippen molar-refractivity contribution in [3.05, 3.63) is 35.9 Å². The Morgan fingerprint density at radius 1 is 1.08 bits per heavy atom. The molecular weight excluding hydrogens is 332 g/mol. The molecule has 0 bridgehead atoms. The summed E-state index contributed by atoms with van der Waals surface area (Å²) in [6.45, 7) is 1.44. The van der Waals surface area contributed by atoms with E-state index in [-0.39, 0.29) is 18.2 Å². The molecule has 1 aliphatic heterocycles. The maximum Gasteiger partial charge on any atom is 0.310 e. The Kier molecular flexibility index (Phi) is 5.59. The molecule has 3 rings (SSSR count). The lowest BCUT2D eigenvalue weighted by Gasteiger charge is -2.37. The first-order valence-corrected chi connectivity index (χ1v) is 9.36. The number of rotatable bonds is 7. The van der Waals surface area contributed by atoms with E-state index in [1.165, 1.54) is 0 Å². The zero-order chi connectivity index (χ0) is 18.6. The molecule has 1 atom stereocenters. The highest BCUT2D eigenvalue weighted by molar-refractivity contribution is 5.90. The van der Waals surface area contributed by atoms with Crippen molar-refractivity contribution in [2.24, 2.45) is 5.41 Å². The van der Waals surface area contributed by atoms with Crippen LogP contribution in [0.25, 0.3) is 0 Å². The molecule has 0 radical (unpaired) electrons. The van der Waals surface area contributed by atoms with E-state index in [1.54, 1.807) is 4.90 Å². The van der Waals surface area contributed by atoms with E-state index >= 15 is 0 Å². The molecule has 0 aromatic heterocycles. The first kappa shape index (κ1) is 18.4. The molecule has 2 amide bonds. The fraction of sp³-hybridized carbons (Fsp3) is 0.550. The Morgan fingerprint density at radius 2 is 1.73 bits per heavy atom. The van der Waals surface area contributed by atoms with Crippen molar-refractivity contribution in [1.82, 2.24) is 10.2 Å². The summed E-state index contributed by atoms with van der Waals surface area (Å²) in [5, 5.41) is 12.3. The number of carboxylic acid groups (broad SMARTS) is 1. The van der Waals surface area contributed by atoms with E-state index in [0.29, 0.717) is 19.3 Å². The summed E-state index contributed by atoms with van der Waals surface area (Å²) in [5.74, 6) is -1.33. The molecular formula is C20H26N2O4. The van der Waals surface area contributed by atoms with Gasteiger partial charge in [-0.05, 0) is 31.2 Å². The van der Waals surface area contributed by atoms with E-state index in [2.05, 4.69) is 5.32 Å². The third-order valence-corrected chi connectivity index (χ3v) is 5.60. The smallest absolute Gasteiger partial charge is 0.310 e. The van der Waals surface area contributed by atoms with Crippen LogP contribution in [0.2, 0.25) is 0 Å². The van der Waals surface area contributed by atoms with Crippen LogP contribution in [0.1, 0.15) is 44.1 Å². The first-order valence-electron chi connectivity index (χ1n) is 9.36. The lowest BCUT2D eigenvalue weighted by atomic mass is 9.66. The van der Waals surface area contributed by atoms with Gasteiger partial charge in [-0.1, -0.05) is 36.8 Å². The van der Waals surface area contributed by atoms with E-state index < -0.39 is 17.4 Å². The molecule has 6 heteroatoms. The lowest BCUT2D eigenvalue weighted by molar-refractivity contribution is -0.157. The van der Waals surface area contributed by atoms with Crippen molar-refractivity contribution in [3.63, 3.8) is 0 Å². The van der Waals surface area contributed by atoms with Crippen LogP contribution in [-0.4, -0.2) is 46.9 Å². The number of nitrogens with zero attached hydrogens (tertiary/aromatic N) is 1. The first-order chi connectivity index (χ1) is 12.5. The van der Waals surface area contributed by atoms with Crippen molar-refractivity contribution in [3.8, 4) is 0 Å². The number of hydrogen-bond donors (Lipinski definition) is 2. The van der Waals surface area contributed by atoms with E-state index in [0.717, 1.165) is 37.9 Å². The number of nitrogens with one attached hydrogen (secondary N) is 1. The SMILES string of the molecule is O=C(CC1(C(=O)O)CCC1)NC(Cc1ccccc1)C(=O)N1CCCC1. The Bertz CT molecular complexity index is 664. The average Bonchev–Trinajstić information content (AvgIpc) is 3.12. The van der Waals surface area contributed by atoms with Crippen LogP contribution >= 0.6 is 0 Å². The third kappa shape index (κ3) is 4.06. The van der Waals surface area contributed by atoms with Crippen molar-refractivity contribution in [2.45, 2.75) is 51.0 Å². The predicted octanol–water partition coefficient (Wildman–Crippen LogP) is 1.98. The highest BCUT2D eigenvalue weighted by atomic mass is 16.4. The van der Waals surface area contributed by atoms with Crippen LogP contribution in [0, 0.1) is 5.41 Å². The monoisotopic (exact) mass is 358 g/mol. The van der Waals surface area contributed by atoms with Crippen LogP contribution in [-0.2, 0) is 20.8 Å². The lowest BCUT2D eigenvalue weighted by Crippen LogP contribution is -2.51. The number of carbonyl (C=O) groups is 3. The van der Waals surface area contributed by atoms with Crippen molar-refractivity contribution < 1.29 is 19.5 Å². The van der Waals surface area contributed by atoms with Gasteiger partial charge in [0, 0.05) is 25.9 Å². The number of carbonyl (C=O) groups excluding carboxylic acids is 2. The predicted molar refractivity (Wildman–Crippen MR) is 96.4 cm³/mol. The number of carboxylic acids is 1. The molecule has 1 heterocycles. The molecule has 26 heavy (non-hydrogen) atoms. The van der Waals surface area contributed by atoms with Gasteiger partial charge < -0.3 is 15.3 Å². The Morgan fingerprint density at radius 3 is 2.27 bits per heavy atom. The van der Waals surface area contributed by atoms with Gasteiger partial charge in [0.15, 0.2) is 0 Å². The van der Waals surface area contributed by atoms with Gasteiger partial charge in [-0.15, -0.1) is 0 Å². The Labute approximate surface area is 153 Å². The molecule has 2 N–H and O–H groups in total. The average molecular weight is 358 g/mol. The summed E-state index contributed by atoms with van der Waals surface area (Å²) >= 11 is 0. The zero-order valence-electron chi connectivity index (χ0n) is 14.9. The number of amides is 2.